The summed E-state index contributed by atoms with van der Waals surface area (Å²) in [5, 5.41) is 2.69. The molecule has 0 aliphatic carbocycles. The first-order valence-electron chi connectivity index (χ1n) is 8.30. The molecule has 2 aromatic carbocycles. The lowest BCUT2D eigenvalue weighted by Gasteiger charge is -2.10. The zero-order valence-corrected chi connectivity index (χ0v) is 15.6. The minimum absolute atomic E-state index is 0.278. The summed E-state index contributed by atoms with van der Waals surface area (Å²) in [7, 11) is 4.67. The fraction of sp³-hybridized carbons (Fsp3) is 0.300. The first-order valence-corrected chi connectivity index (χ1v) is 8.30. The molecule has 2 rings (SSSR count). The van der Waals surface area contributed by atoms with E-state index < -0.39 is 11.9 Å². The average molecular weight is 373 g/mol. The van der Waals surface area contributed by atoms with E-state index in [9.17, 15) is 9.59 Å². The Bertz CT molecular complexity index is 790. The lowest BCUT2D eigenvalue weighted by molar-refractivity contribution is -0.124. The summed E-state index contributed by atoms with van der Waals surface area (Å²) < 4.78 is 20.5. The Hall–Kier alpha value is -3.06. The van der Waals surface area contributed by atoms with Gasteiger partial charge in [-0.2, -0.15) is 0 Å². The lowest BCUT2D eigenvalue weighted by Crippen LogP contribution is -2.28. The van der Waals surface area contributed by atoms with Crippen molar-refractivity contribution in [3.05, 3.63) is 59.2 Å². The van der Waals surface area contributed by atoms with Crippen molar-refractivity contribution in [3.8, 4) is 11.5 Å². The van der Waals surface area contributed by atoms with Crippen molar-refractivity contribution in [2.24, 2.45) is 0 Å². The van der Waals surface area contributed by atoms with E-state index in [1.54, 1.807) is 51.7 Å². The number of hydrogen-bond acceptors (Lipinski definition) is 6. The Morgan fingerprint density at radius 1 is 0.926 bits per heavy atom. The summed E-state index contributed by atoms with van der Waals surface area (Å²) in [5.41, 5.74) is 2.06. The van der Waals surface area contributed by atoms with Gasteiger partial charge in [0.25, 0.3) is 5.91 Å². The van der Waals surface area contributed by atoms with Crippen LogP contribution in [0.15, 0.2) is 42.5 Å². The van der Waals surface area contributed by atoms with Gasteiger partial charge in [0.05, 0.1) is 26.4 Å². The Balaban J connectivity index is 1.84. The van der Waals surface area contributed by atoms with E-state index >= 15 is 0 Å². The van der Waals surface area contributed by atoms with Crippen LogP contribution in [0.4, 0.5) is 0 Å². The SMILES string of the molecule is COCc1cccc(C(=O)OCC(=O)NCc2ccc(OC)c(OC)c2)c1. The van der Waals surface area contributed by atoms with Gasteiger partial charge >= 0.3 is 5.97 Å². The molecule has 1 amide bonds. The third-order valence-corrected chi connectivity index (χ3v) is 3.75. The highest BCUT2D eigenvalue weighted by atomic mass is 16.5. The molecule has 7 heteroatoms. The highest BCUT2D eigenvalue weighted by Gasteiger charge is 2.11. The third kappa shape index (κ3) is 6.00. The van der Waals surface area contributed by atoms with Gasteiger partial charge in [-0.25, -0.2) is 4.79 Å². The van der Waals surface area contributed by atoms with Crippen LogP contribution in [0.3, 0.4) is 0 Å². The van der Waals surface area contributed by atoms with Gasteiger partial charge in [0.2, 0.25) is 0 Å². The first kappa shape index (κ1) is 20.3. The number of methoxy groups -OCH3 is 3. The number of nitrogens with one attached hydrogen (secondary N) is 1. The molecule has 0 unspecified atom stereocenters. The molecule has 0 radical (unpaired) electrons. The molecule has 7 nitrogen and oxygen atoms in total. The summed E-state index contributed by atoms with van der Waals surface area (Å²) >= 11 is 0. The van der Waals surface area contributed by atoms with E-state index in [0.717, 1.165) is 11.1 Å². The van der Waals surface area contributed by atoms with E-state index in [-0.39, 0.29) is 13.2 Å². The predicted octanol–water partition coefficient (Wildman–Crippen LogP) is 2.32. The zero-order chi connectivity index (χ0) is 19.6. The first-order chi connectivity index (χ1) is 13.1. The fourth-order valence-corrected chi connectivity index (χ4v) is 2.41. The van der Waals surface area contributed by atoms with Gasteiger partial charge in [0.15, 0.2) is 18.1 Å². The predicted molar refractivity (Wildman–Crippen MR) is 98.8 cm³/mol. The van der Waals surface area contributed by atoms with E-state index in [1.165, 1.54) is 0 Å². The number of carbonyl (C=O) groups excluding carboxylic acids is 2. The molecular weight excluding hydrogens is 350 g/mol. The molecule has 2 aromatic rings. The molecule has 0 bridgehead atoms. The summed E-state index contributed by atoms with van der Waals surface area (Å²) in [6.07, 6.45) is 0. The third-order valence-electron chi connectivity index (χ3n) is 3.75. The van der Waals surface area contributed by atoms with Crippen LogP contribution in [0.5, 0.6) is 11.5 Å². The van der Waals surface area contributed by atoms with Gasteiger partial charge in [-0.15, -0.1) is 0 Å². The number of hydrogen-bond donors (Lipinski definition) is 1. The Kier molecular flexibility index (Phi) is 7.63. The molecule has 27 heavy (non-hydrogen) atoms. The number of benzene rings is 2. The molecule has 0 aromatic heterocycles. The standard InChI is InChI=1S/C20H23NO6/c1-24-12-15-5-4-6-16(9-15)20(23)27-13-19(22)21-11-14-7-8-17(25-2)18(10-14)26-3/h4-10H,11-13H2,1-3H3,(H,21,22). The molecular formula is C20H23NO6. The van der Waals surface area contributed by atoms with E-state index in [1.807, 2.05) is 12.1 Å². The number of esters is 1. The monoisotopic (exact) mass is 373 g/mol. The molecule has 0 aliphatic rings. The van der Waals surface area contributed by atoms with Gasteiger partial charge in [-0.3, -0.25) is 4.79 Å². The molecule has 0 atom stereocenters. The van der Waals surface area contributed by atoms with Gasteiger partial charge in [-0.1, -0.05) is 18.2 Å². The van der Waals surface area contributed by atoms with Crippen LogP contribution < -0.4 is 14.8 Å². The summed E-state index contributed by atoms with van der Waals surface area (Å²) in [6, 6.07) is 12.2. The molecule has 0 aliphatic heterocycles. The molecule has 0 saturated carbocycles. The van der Waals surface area contributed by atoms with Crippen molar-refractivity contribution in [2.75, 3.05) is 27.9 Å². The second kappa shape index (κ2) is 10.2. The topological polar surface area (TPSA) is 83.1 Å². The van der Waals surface area contributed by atoms with Gasteiger partial charge in [0.1, 0.15) is 0 Å². The van der Waals surface area contributed by atoms with Crippen molar-refractivity contribution < 1.29 is 28.5 Å². The number of rotatable bonds is 9. The maximum Gasteiger partial charge on any atom is 0.338 e. The number of carbonyl (C=O) groups is 2. The minimum Gasteiger partial charge on any atom is -0.493 e. The van der Waals surface area contributed by atoms with Gasteiger partial charge in [0, 0.05) is 13.7 Å². The number of ether oxygens (including phenoxy) is 4. The Morgan fingerprint density at radius 2 is 1.70 bits per heavy atom. The van der Waals surface area contributed by atoms with E-state index in [0.29, 0.717) is 23.7 Å². The Morgan fingerprint density at radius 3 is 2.41 bits per heavy atom. The molecule has 0 heterocycles. The number of amides is 1. The second-order valence-electron chi connectivity index (χ2n) is 5.68. The normalized spacial score (nSPS) is 10.2. The zero-order valence-electron chi connectivity index (χ0n) is 15.6. The van der Waals surface area contributed by atoms with Gasteiger partial charge in [-0.05, 0) is 35.4 Å². The van der Waals surface area contributed by atoms with Crippen molar-refractivity contribution in [3.63, 3.8) is 0 Å². The quantitative estimate of drug-likeness (QED) is 0.679. The Labute approximate surface area is 158 Å². The van der Waals surface area contributed by atoms with Crippen LogP contribution >= 0.6 is 0 Å². The van der Waals surface area contributed by atoms with Crippen LogP contribution in [0, 0.1) is 0 Å². The van der Waals surface area contributed by atoms with E-state index in [4.69, 9.17) is 18.9 Å². The van der Waals surface area contributed by atoms with Crippen molar-refractivity contribution in [1.82, 2.24) is 5.32 Å². The van der Waals surface area contributed by atoms with Crippen LogP contribution in [0.1, 0.15) is 21.5 Å². The van der Waals surface area contributed by atoms with Crippen LogP contribution in [-0.2, 0) is 27.4 Å². The largest absolute Gasteiger partial charge is 0.493 e. The maximum atomic E-state index is 12.1. The smallest absolute Gasteiger partial charge is 0.338 e. The summed E-state index contributed by atoms with van der Waals surface area (Å²) in [6.45, 7) is 0.313. The molecule has 0 fully saturated rings. The van der Waals surface area contributed by atoms with Crippen molar-refractivity contribution >= 4 is 11.9 Å². The highest BCUT2D eigenvalue weighted by Crippen LogP contribution is 2.27. The molecule has 1 N–H and O–H groups in total. The van der Waals surface area contributed by atoms with Gasteiger partial charge < -0.3 is 24.3 Å². The second-order valence-corrected chi connectivity index (χ2v) is 5.68. The molecule has 0 spiro atoms. The lowest BCUT2D eigenvalue weighted by atomic mass is 10.1. The van der Waals surface area contributed by atoms with Crippen molar-refractivity contribution in [2.45, 2.75) is 13.2 Å². The van der Waals surface area contributed by atoms with E-state index in [2.05, 4.69) is 5.32 Å². The fourth-order valence-electron chi connectivity index (χ4n) is 2.41. The van der Waals surface area contributed by atoms with Crippen LogP contribution in [0.2, 0.25) is 0 Å². The molecule has 144 valence electrons. The molecule has 0 saturated heterocycles. The maximum absolute atomic E-state index is 12.1. The van der Waals surface area contributed by atoms with Crippen LogP contribution in [-0.4, -0.2) is 39.8 Å². The minimum atomic E-state index is -0.561. The van der Waals surface area contributed by atoms with Crippen molar-refractivity contribution in [1.29, 1.82) is 0 Å². The van der Waals surface area contributed by atoms with Crippen LogP contribution in [0.25, 0.3) is 0 Å². The highest BCUT2D eigenvalue weighted by molar-refractivity contribution is 5.91. The average Bonchev–Trinajstić information content (AvgIpc) is 2.70. The summed E-state index contributed by atoms with van der Waals surface area (Å²) in [4.78, 5) is 24.0. The summed E-state index contributed by atoms with van der Waals surface area (Å²) in [5.74, 6) is 0.226.